The van der Waals surface area contributed by atoms with Crippen molar-refractivity contribution in [3.8, 4) is 6.07 Å². The van der Waals surface area contributed by atoms with E-state index in [1.165, 1.54) is 0 Å². The zero-order valence-corrected chi connectivity index (χ0v) is 9.43. The molecule has 1 aromatic rings. The fourth-order valence-corrected chi connectivity index (χ4v) is 1.42. The van der Waals surface area contributed by atoms with Crippen molar-refractivity contribution in [1.29, 1.82) is 5.26 Å². The number of rotatable bonds is 4. The maximum absolute atomic E-state index is 8.67. The van der Waals surface area contributed by atoms with Gasteiger partial charge in [0.2, 0.25) is 0 Å². The monoisotopic (exact) mass is 220 g/mol. The van der Waals surface area contributed by atoms with Gasteiger partial charge in [0.25, 0.3) is 0 Å². The smallest absolute Gasteiger partial charge is 0.0992 e. The van der Waals surface area contributed by atoms with Crippen molar-refractivity contribution in [3.05, 3.63) is 46.5 Å². The summed E-state index contributed by atoms with van der Waals surface area (Å²) in [4.78, 5) is 0. The first-order valence-electron chi connectivity index (χ1n) is 4.67. The van der Waals surface area contributed by atoms with E-state index in [0.717, 1.165) is 17.7 Å². The van der Waals surface area contributed by atoms with E-state index in [4.69, 9.17) is 16.9 Å². The Morgan fingerprint density at radius 3 is 2.87 bits per heavy atom. The van der Waals surface area contributed by atoms with Crippen molar-refractivity contribution < 1.29 is 0 Å². The van der Waals surface area contributed by atoms with Gasteiger partial charge in [0, 0.05) is 18.1 Å². The molecular formula is C12H13ClN2. The van der Waals surface area contributed by atoms with Crippen LogP contribution in [0.4, 0.5) is 0 Å². The van der Waals surface area contributed by atoms with Gasteiger partial charge >= 0.3 is 0 Å². The summed E-state index contributed by atoms with van der Waals surface area (Å²) in [5, 5.41) is 12.5. The highest BCUT2D eigenvalue weighted by atomic mass is 35.5. The number of hydrogen-bond acceptors (Lipinski definition) is 2. The molecule has 0 saturated heterocycles. The van der Waals surface area contributed by atoms with Crippen LogP contribution >= 0.6 is 11.6 Å². The first-order chi connectivity index (χ1) is 7.13. The average molecular weight is 221 g/mol. The van der Waals surface area contributed by atoms with Crippen LogP contribution in [0, 0.1) is 11.3 Å². The third kappa shape index (κ3) is 3.75. The first kappa shape index (κ1) is 11.8. The molecule has 0 aliphatic rings. The maximum Gasteiger partial charge on any atom is 0.0992 e. The van der Waals surface area contributed by atoms with E-state index in [0.29, 0.717) is 17.1 Å². The summed E-state index contributed by atoms with van der Waals surface area (Å²) in [6.07, 6.45) is 0. The second-order valence-electron chi connectivity index (χ2n) is 3.48. The highest BCUT2D eigenvalue weighted by Crippen LogP contribution is 2.17. The summed E-state index contributed by atoms with van der Waals surface area (Å²) in [6.45, 7) is 7.23. The van der Waals surface area contributed by atoms with Crippen LogP contribution in [-0.4, -0.2) is 6.54 Å². The zero-order valence-electron chi connectivity index (χ0n) is 8.68. The van der Waals surface area contributed by atoms with Crippen molar-refractivity contribution in [2.24, 2.45) is 0 Å². The van der Waals surface area contributed by atoms with Crippen LogP contribution in [0.2, 0.25) is 5.02 Å². The van der Waals surface area contributed by atoms with Gasteiger partial charge < -0.3 is 5.32 Å². The lowest BCUT2D eigenvalue weighted by molar-refractivity contribution is 0.741. The molecule has 0 aliphatic carbocycles. The number of halogens is 1. The number of nitrogens with one attached hydrogen (secondary N) is 1. The van der Waals surface area contributed by atoms with E-state index in [1.807, 2.05) is 13.0 Å². The molecule has 1 aromatic carbocycles. The lowest BCUT2D eigenvalue weighted by atomic mass is 10.1. The van der Waals surface area contributed by atoms with Gasteiger partial charge in [-0.15, -0.1) is 0 Å². The Bertz CT molecular complexity index is 405. The number of benzene rings is 1. The van der Waals surface area contributed by atoms with Gasteiger partial charge in [0.1, 0.15) is 0 Å². The Hall–Kier alpha value is -1.30. The molecule has 0 bridgehead atoms. The largest absolute Gasteiger partial charge is 0.309 e. The van der Waals surface area contributed by atoms with E-state index >= 15 is 0 Å². The Kier molecular flexibility index (Phi) is 4.36. The Labute approximate surface area is 95.2 Å². The predicted molar refractivity (Wildman–Crippen MR) is 62.7 cm³/mol. The van der Waals surface area contributed by atoms with Crippen LogP contribution in [0.3, 0.4) is 0 Å². The van der Waals surface area contributed by atoms with Crippen molar-refractivity contribution in [2.75, 3.05) is 6.54 Å². The zero-order chi connectivity index (χ0) is 11.3. The van der Waals surface area contributed by atoms with Gasteiger partial charge in [-0.2, -0.15) is 5.26 Å². The van der Waals surface area contributed by atoms with Crippen LogP contribution in [0.1, 0.15) is 18.1 Å². The lowest BCUT2D eigenvalue weighted by Gasteiger charge is -2.06. The van der Waals surface area contributed by atoms with Gasteiger partial charge in [-0.3, -0.25) is 0 Å². The molecule has 0 atom stereocenters. The quantitative estimate of drug-likeness (QED) is 0.793. The number of nitrogens with zero attached hydrogens (tertiary/aromatic N) is 1. The van der Waals surface area contributed by atoms with Crippen molar-refractivity contribution >= 4 is 11.6 Å². The minimum absolute atomic E-state index is 0.587. The van der Waals surface area contributed by atoms with Gasteiger partial charge in [-0.05, 0) is 24.6 Å². The second-order valence-corrected chi connectivity index (χ2v) is 3.89. The normalized spacial score (nSPS) is 9.67. The molecule has 3 heteroatoms. The lowest BCUT2D eigenvalue weighted by Crippen LogP contribution is -2.15. The molecule has 0 radical (unpaired) electrons. The second kappa shape index (κ2) is 5.55. The summed E-state index contributed by atoms with van der Waals surface area (Å²) in [5.74, 6) is 0. The standard InChI is InChI=1S/C12H13ClN2/c1-9(2)7-15-8-11-4-3-10(6-14)5-12(11)13/h3-5,15H,1,7-8H2,2H3. The number of nitriles is 1. The third-order valence-electron chi connectivity index (χ3n) is 1.92. The van der Waals surface area contributed by atoms with Gasteiger partial charge in [-0.1, -0.05) is 29.8 Å². The van der Waals surface area contributed by atoms with E-state index in [1.54, 1.807) is 12.1 Å². The van der Waals surface area contributed by atoms with Gasteiger partial charge in [0.15, 0.2) is 0 Å². The molecule has 1 N–H and O–H groups in total. The summed E-state index contributed by atoms with van der Waals surface area (Å²) in [6, 6.07) is 7.37. The molecule has 0 unspecified atom stereocenters. The highest BCUT2D eigenvalue weighted by Gasteiger charge is 2.01. The molecule has 0 amide bonds. The highest BCUT2D eigenvalue weighted by molar-refractivity contribution is 6.31. The molecule has 78 valence electrons. The van der Waals surface area contributed by atoms with Crippen molar-refractivity contribution in [3.63, 3.8) is 0 Å². The molecule has 15 heavy (non-hydrogen) atoms. The summed E-state index contributed by atoms with van der Waals surface area (Å²) < 4.78 is 0. The third-order valence-corrected chi connectivity index (χ3v) is 2.28. The predicted octanol–water partition coefficient (Wildman–Crippen LogP) is 2.88. The number of hydrogen-bond donors (Lipinski definition) is 1. The van der Waals surface area contributed by atoms with Crippen LogP contribution < -0.4 is 5.32 Å². The van der Waals surface area contributed by atoms with Gasteiger partial charge in [0.05, 0.1) is 11.6 Å². The molecule has 0 aromatic heterocycles. The SMILES string of the molecule is C=C(C)CNCc1ccc(C#N)cc1Cl. The summed E-state index contributed by atoms with van der Waals surface area (Å²) in [7, 11) is 0. The summed E-state index contributed by atoms with van der Waals surface area (Å²) in [5.41, 5.74) is 2.67. The molecule has 2 nitrogen and oxygen atoms in total. The minimum atomic E-state index is 0.587. The fourth-order valence-electron chi connectivity index (χ4n) is 1.17. The molecule has 1 rings (SSSR count). The Balaban J connectivity index is 2.63. The average Bonchev–Trinajstić information content (AvgIpc) is 2.20. The molecule has 0 fully saturated rings. The molecule has 0 saturated carbocycles. The Morgan fingerprint density at radius 1 is 1.60 bits per heavy atom. The van der Waals surface area contributed by atoms with Crippen LogP contribution in [-0.2, 0) is 6.54 Å². The van der Waals surface area contributed by atoms with Crippen molar-refractivity contribution in [2.45, 2.75) is 13.5 Å². The minimum Gasteiger partial charge on any atom is -0.309 e. The first-order valence-corrected chi connectivity index (χ1v) is 5.05. The van der Waals surface area contributed by atoms with Crippen LogP contribution in [0.25, 0.3) is 0 Å². The van der Waals surface area contributed by atoms with Crippen molar-refractivity contribution in [1.82, 2.24) is 5.32 Å². The molecule has 0 heterocycles. The van der Waals surface area contributed by atoms with E-state index in [-0.39, 0.29) is 0 Å². The van der Waals surface area contributed by atoms with E-state index in [9.17, 15) is 0 Å². The van der Waals surface area contributed by atoms with Gasteiger partial charge in [-0.25, -0.2) is 0 Å². The molecular weight excluding hydrogens is 208 g/mol. The molecule has 0 spiro atoms. The molecule has 0 aliphatic heterocycles. The van der Waals surface area contributed by atoms with E-state index in [2.05, 4.69) is 18.0 Å². The summed E-state index contributed by atoms with van der Waals surface area (Å²) >= 11 is 6.01. The van der Waals surface area contributed by atoms with E-state index < -0.39 is 0 Å². The topological polar surface area (TPSA) is 35.8 Å². The van der Waals surface area contributed by atoms with Crippen LogP contribution in [0.5, 0.6) is 0 Å². The van der Waals surface area contributed by atoms with Crippen LogP contribution in [0.15, 0.2) is 30.4 Å². The maximum atomic E-state index is 8.67. The Morgan fingerprint density at radius 2 is 2.33 bits per heavy atom. The fraction of sp³-hybridized carbons (Fsp3) is 0.250.